The summed E-state index contributed by atoms with van der Waals surface area (Å²) in [4.78, 5) is 11.9. The molecule has 0 fully saturated rings. The van der Waals surface area contributed by atoms with Crippen molar-refractivity contribution >= 4 is 33.0 Å². The number of carbonyl (C=O) groups is 1. The summed E-state index contributed by atoms with van der Waals surface area (Å²) in [6, 6.07) is 0. The van der Waals surface area contributed by atoms with E-state index in [4.69, 9.17) is 5.73 Å². The molecule has 1 atom stereocenters. The van der Waals surface area contributed by atoms with Crippen molar-refractivity contribution in [2.24, 2.45) is 11.7 Å². The highest BCUT2D eigenvalue weighted by atomic mass is 79.9. The number of halogens is 1. The summed E-state index contributed by atoms with van der Waals surface area (Å²) in [6.45, 7) is 2.88. The van der Waals surface area contributed by atoms with E-state index in [0.717, 1.165) is 35.8 Å². The van der Waals surface area contributed by atoms with Gasteiger partial charge in [-0.25, -0.2) is 0 Å². The third-order valence-corrected chi connectivity index (χ3v) is 4.55. The molecule has 0 radical (unpaired) electrons. The molecule has 0 saturated carbocycles. The van der Waals surface area contributed by atoms with Gasteiger partial charge in [0.05, 0.1) is 0 Å². The molecule has 0 aliphatic heterocycles. The van der Waals surface area contributed by atoms with Crippen molar-refractivity contribution in [1.82, 2.24) is 0 Å². The Bertz CT molecular complexity index is 338. The number of hydrogen-bond acceptors (Lipinski definition) is 3. The van der Waals surface area contributed by atoms with Gasteiger partial charge in [-0.05, 0) is 41.2 Å². The Morgan fingerprint density at radius 1 is 1.50 bits per heavy atom. The minimum absolute atomic E-state index is 0.239. The van der Waals surface area contributed by atoms with Gasteiger partial charge in [-0.3, -0.25) is 4.79 Å². The normalized spacial score (nSPS) is 12.7. The number of hydrogen-bond donors (Lipinski definition) is 1. The second-order valence-electron chi connectivity index (χ2n) is 3.95. The van der Waals surface area contributed by atoms with Gasteiger partial charge in [0.1, 0.15) is 0 Å². The van der Waals surface area contributed by atoms with E-state index in [0.29, 0.717) is 12.3 Å². The lowest BCUT2D eigenvalue weighted by Crippen LogP contribution is -2.10. The van der Waals surface area contributed by atoms with Crippen molar-refractivity contribution < 1.29 is 4.79 Å². The van der Waals surface area contributed by atoms with Crippen LogP contribution in [0.15, 0.2) is 15.2 Å². The van der Waals surface area contributed by atoms with E-state index in [1.165, 1.54) is 0 Å². The number of rotatable bonds is 7. The molecule has 2 nitrogen and oxygen atoms in total. The van der Waals surface area contributed by atoms with Gasteiger partial charge in [0.25, 0.3) is 0 Å². The lowest BCUT2D eigenvalue weighted by atomic mass is 9.94. The van der Waals surface area contributed by atoms with Crippen LogP contribution in [0.2, 0.25) is 0 Å². The van der Waals surface area contributed by atoms with Crippen LogP contribution in [0.4, 0.5) is 0 Å². The van der Waals surface area contributed by atoms with Crippen LogP contribution in [0.25, 0.3) is 0 Å². The first-order chi connectivity index (χ1) is 7.69. The fraction of sp³-hybridized carbons (Fsp3) is 0.583. The fourth-order valence-corrected chi connectivity index (χ4v) is 3.26. The van der Waals surface area contributed by atoms with E-state index in [9.17, 15) is 4.79 Å². The Morgan fingerprint density at radius 2 is 2.25 bits per heavy atom. The van der Waals surface area contributed by atoms with Gasteiger partial charge in [0.15, 0.2) is 5.78 Å². The van der Waals surface area contributed by atoms with Gasteiger partial charge in [0, 0.05) is 27.2 Å². The fourth-order valence-electron chi connectivity index (χ4n) is 1.74. The van der Waals surface area contributed by atoms with E-state index in [1.807, 2.05) is 10.8 Å². The number of thiophene rings is 1. The molecule has 4 heteroatoms. The lowest BCUT2D eigenvalue weighted by molar-refractivity contribution is 0.0972. The predicted octanol–water partition coefficient (Wildman–Crippen LogP) is 3.85. The zero-order chi connectivity index (χ0) is 12.0. The monoisotopic (exact) mass is 303 g/mol. The molecule has 1 aromatic rings. The first-order valence-corrected chi connectivity index (χ1v) is 7.37. The van der Waals surface area contributed by atoms with Crippen LogP contribution in [-0.2, 0) is 0 Å². The topological polar surface area (TPSA) is 43.1 Å². The van der Waals surface area contributed by atoms with Crippen molar-refractivity contribution in [3.8, 4) is 0 Å². The van der Waals surface area contributed by atoms with Crippen molar-refractivity contribution in [3.63, 3.8) is 0 Å². The van der Waals surface area contributed by atoms with E-state index < -0.39 is 0 Å². The van der Waals surface area contributed by atoms with E-state index in [-0.39, 0.29) is 5.78 Å². The van der Waals surface area contributed by atoms with Gasteiger partial charge < -0.3 is 5.73 Å². The Balaban J connectivity index is 2.43. The van der Waals surface area contributed by atoms with E-state index >= 15 is 0 Å². The minimum Gasteiger partial charge on any atom is -0.330 e. The minimum atomic E-state index is 0.239. The van der Waals surface area contributed by atoms with Crippen molar-refractivity contribution in [2.45, 2.75) is 32.6 Å². The first kappa shape index (κ1) is 13.9. The zero-order valence-electron chi connectivity index (χ0n) is 9.54. The molecule has 0 aromatic carbocycles. The van der Waals surface area contributed by atoms with E-state index in [2.05, 4.69) is 22.9 Å². The summed E-state index contributed by atoms with van der Waals surface area (Å²) < 4.78 is 0.925. The average Bonchev–Trinajstić information content (AvgIpc) is 2.70. The molecule has 0 aliphatic rings. The van der Waals surface area contributed by atoms with Crippen LogP contribution in [0.1, 0.15) is 43.0 Å². The van der Waals surface area contributed by atoms with Crippen LogP contribution in [0.3, 0.4) is 0 Å². The highest BCUT2D eigenvalue weighted by Gasteiger charge is 2.13. The van der Waals surface area contributed by atoms with Crippen LogP contribution < -0.4 is 5.73 Å². The average molecular weight is 304 g/mol. The molecule has 0 saturated heterocycles. The smallest absolute Gasteiger partial charge is 0.164 e. The number of Topliss-reactive ketones (excluding diaryl/α,β-unsaturated/α-hetero) is 1. The highest BCUT2D eigenvalue weighted by Crippen LogP contribution is 2.24. The van der Waals surface area contributed by atoms with E-state index in [1.54, 1.807) is 11.3 Å². The second-order valence-corrected chi connectivity index (χ2v) is 5.54. The lowest BCUT2D eigenvalue weighted by Gasteiger charge is -2.12. The Morgan fingerprint density at radius 3 is 2.75 bits per heavy atom. The molecule has 1 unspecified atom stereocenters. The molecular weight excluding hydrogens is 286 g/mol. The molecule has 0 amide bonds. The molecular formula is C12H18BrNOS. The second kappa shape index (κ2) is 7.20. The maximum absolute atomic E-state index is 11.9. The van der Waals surface area contributed by atoms with Gasteiger partial charge in [-0.2, -0.15) is 11.3 Å². The highest BCUT2D eigenvalue weighted by molar-refractivity contribution is 9.10. The summed E-state index contributed by atoms with van der Waals surface area (Å²) >= 11 is 4.95. The zero-order valence-corrected chi connectivity index (χ0v) is 11.9. The van der Waals surface area contributed by atoms with Gasteiger partial charge in [0.2, 0.25) is 0 Å². The Hall–Kier alpha value is -0.190. The number of ketones is 1. The van der Waals surface area contributed by atoms with Crippen LogP contribution >= 0.6 is 27.3 Å². The molecule has 90 valence electrons. The summed E-state index contributed by atoms with van der Waals surface area (Å²) in [5, 5.41) is 3.86. The third-order valence-electron chi connectivity index (χ3n) is 2.85. The molecule has 2 N–H and O–H groups in total. The molecule has 0 bridgehead atoms. The summed E-state index contributed by atoms with van der Waals surface area (Å²) in [6.07, 6.45) is 3.71. The molecule has 1 heterocycles. The standard InChI is InChI=1S/C12H18BrNOS/c1-2-9(5-6-14)3-4-12(15)10-7-16-8-11(10)13/h7-9H,2-6,14H2,1H3. The third kappa shape index (κ3) is 4.00. The van der Waals surface area contributed by atoms with Crippen LogP contribution in [0, 0.1) is 5.92 Å². The van der Waals surface area contributed by atoms with Crippen LogP contribution in [-0.4, -0.2) is 12.3 Å². The van der Waals surface area contributed by atoms with Crippen molar-refractivity contribution in [2.75, 3.05) is 6.54 Å². The predicted molar refractivity (Wildman–Crippen MR) is 73.0 cm³/mol. The Labute approximate surface area is 109 Å². The van der Waals surface area contributed by atoms with Crippen molar-refractivity contribution in [3.05, 3.63) is 20.8 Å². The van der Waals surface area contributed by atoms with Crippen LogP contribution in [0.5, 0.6) is 0 Å². The number of carbonyl (C=O) groups excluding carboxylic acids is 1. The largest absolute Gasteiger partial charge is 0.330 e. The van der Waals surface area contributed by atoms with Gasteiger partial charge >= 0.3 is 0 Å². The van der Waals surface area contributed by atoms with Crippen molar-refractivity contribution in [1.29, 1.82) is 0 Å². The molecule has 1 aromatic heterocycles. The molecule has 1 rings (SSSR count). The summed E-state index contributed by atoms with van der Waals surface area (Å²) in [5.41, 5.74) is 6.37. The molecule has 0 spiro atoms. The molecule has 16 heavy (non-hydrogen) atoms. The maximum Gasteiger partial charge on any atom is 0.164 e. The van der Waals surface area contributed by atoms with Gasteiger partial charge in [-0.15, -0.1) is 0 Å². The molecule has 0 aliphatic carbocycles. The quantitative estimate of drug-likeness (QED) is 0.778. The maximum atomic E-state index is 11.9. The first-order valence-electron chi connectivity index (χ1n) is 5.64. The Kier molecular flexibility index (Phi) is 6.24. The SMILES string of the molecule is CCC(CCN)CCC(=O)c1cscc1Br. The summed E-state index contributed by atoms with van der Waals surface area (Å²) in [5.74, 6) is 0.829. The summed E-state index contributed by atoms with van der Waals surface area (Å²) in [7, 11) is 0. The van der Waals surface area contributed by atoms with Gasteiger partial charge in [-0.1, -0.05) is 13.3 Å². The number of nitrogens with two attached hydrogens (primary N) is 1.